The van der Waals surface area contributed by atoms with Crippen LogP contribution in [0.3, 0.4) is 0 Å². The molecule has 0 aliphatic heterocycles. The van der Waals surface area contributed by atoms with Crippen LogP contribution in [0.5, 0.6) is 0 Å². The molecule has 0 radical (unpaired) electrons. The van der Waals surface area contributed by atoms with Gasteiger partial charge in [-0.25, -0.2) is 9.59 Å². The van der Waals surface area contributed by atoms with Gasteiger partial charge in [-0.2, -0.15) is 0 Å². The van der Waals surface area contributed by atoms with Gasteiger partial charge in [-0.15, -0.1) is 0 Å². The molecule has 0 aliphatic carbocycles. The molecule has 1 atom stereocenters. The largest absolute Gasteiger partial charge is 0.480 e. The van der Waals surface area contributed by atoms with Gasteiger partial charge in [-0.1, -0.05) is 26.0 Å². The van der Waals surface area contributed by atoms with Gasteiger partial charge in [-0.05, 0) is 30.7 Å². The van der Waals surface area contributed by atoms with E-state index in [-0.39, 0.29) is 5.92 Å². The summed E-state index contributed by atoms with van der Waals surface area (Å²) in [5, 5.41) is 17.1. The zero-order valence-electron chi connectivity index (χ0n) is 11.9. The molecular weight excluding hydrogens is 258 g/mol. The van der Waals surface area contributed by atoms with E-state index >= 15 is 0 Å². The van der Waals surface area contributed by atoms with Gasteiger partial charge >= 0.3 is 12.0 Å². The summed E-state index contributed by atoms with van der Waals surface area (Å²) in [5.41, 5.74) is 1.66. The highest BCUT2D eigenvalue weighted by atomic mass is 16.4. The second-order valence-electron chi connectivity index (χ2n) is 4.89. The molecule has 0 aromatic heterocycles. The van der Waals surface area contributed by atoms with E-state index in [2.05, 4.69) is 16.0 Å². The Morgan fingerprint density at radius 2 is 2.00 bits per heavy atom. The highest BCUT2D eigenvalue weighted by molar-refractivity contribution is 5.92. The fourth-order valence-electron chi connectivity index (χ4n) is 1.79. The van der Waals surface area contributed by atoms with Crippen LogP contribution in [0.4, 0.5) is 10.5 Å². The summed E-state index contributed by atoms with van der Waals surface area (Å²) < 4.78 is 0. The number of aliphatic carboxylic acids is 1. The van der Waals surface area contributed by atoms with Crippen molar-refractivity contribution in [3.8, 4) is 0 Å². The van der Waals surface area contributed by atoms with Crippen molar-refractivity contribution >= 4 is 17.7 Å². The standard InChI is InChI=1S/C14H21N3O3/c1-9(2)12(13(18)19)17-14(20)16-11-6-4-5-10(7-11)8-15-3/h4-7,9,12,15H,8H2,1-3H3,(H,18,19)(H2,16,17,20)/t12-/m0/s1. The molecule has 0 saturated heterocycles. The van der Waals surface area contributed by atoms with Crippen molar-refractivity contribution in [2.24, 2.45) is 5.92 Å². The molecule has 0 aliphatic rings. The third kappa shape index (κ3) is 4.89. The molecule has 1 rings (SSSR count). The van der Waals surface area contributed by atoms with Crippen molar-refractivity contribution in [3.63, 3.8) is 0 Å². The Labute approximate surface area is 118 Å². The molecular formula is C14H21N3O3. The van der Waals surface area contributed by atoms with Gasteiger partial charge < -0.3 is 21.1 Å². The van der Waals surface area contributed by atoms with Gasteiger partial charge in [0, 0.05) is 12.2 Å². The minimum absolute atomic E-state index is 0.186. The van der Waals surface area contributed by atoms with E-state index in [0.29, 0.717) is 12.2 Å². The van der Waals surface area contributed by atoms with Crippen LogP contribution in [0.2, 0.25) is 0 Å². The number of benzene rings is 1. The maximum Gasteiger partial charge on any atom is 0.326 e. The third-order valence-electron chi connectivity index (χ3n) is 2.79. The van der Waals surface area contributed by atoms with Crippen molar-refractivity contribution in [2.45, 2.75) is 26.4 Å². The number of rotatable bonds is 6. The SMILES string of the molecule is CNCc1cccc(NC(=O)N[C@H](C(=O)O)C(C)C)c1. The van der Waals surface area contributed by atoms with Crippen molar-refractivity contribution in [1.82, 2.24) is 10.6 Å². The first-order chi connectivity index (χ1) is 9.43. The van der Waals surface area contributed by atoms with Gasteiger partial charge in [0.25, 0.3) is 0 Å². The number of carboxylic acids is 1. The van der Waals surface area contributed by atoms with Crippen molar-refractivity contribution in [1.29, 1.82) is 0 Å². The highest BCUT2D eigenvalue weighted by Crippen LogP contribution is 2.11. The molecule has 6 heteroatoms. The van der Waals surface area contributed by atoms with Gasteiger partial charge in [0.15, 0.2) is 0 Å². The van der Waals surface area contributed by atoms with Crippen molar-refractivity contribution in [2.75, 3.05) is 12.4 Å². The van der Waals surface area contributed by atoms with Gasteiger partial charge in [0.2, 0.25) is 0 Å². The first-order valence-corrected chi connectivity index (χ1v) is 6.48. The smallest absolute Gasteiger partial charge is 0.326 e. The summed E-state index contributed by atoms with van der Waals surface area (Å²) in [5.74, 6) is -1.23. The predicted molar refractivity (Wildman–Crippen MR) is 77.6 cm³/mol. The van der Waals surface area contributed by atoms with E-state index in [1.54, 1.807) is 19.9 Å². The number of hydrogen-bond donors (Lipinski definition) is 4. The van der Waals surface area contributed by atoms with Crippen LogP contribution in [0.15, 0.2) is 24.3 Å². The second kappa shape index (κ2) is 7.49. The van der Waals surface area contributed by atoms with Crippen LogP contribution in [-0.4, -0.2) is 30.2 Å². The zero-order valence-corrected chi connectivity index (χ0v) is 11.9. The fourth-order valence-corrected chi connectivity index (χ4v) is 1.79. The first kappa shape index (κ1) is 16.0. The van der Waals surface area contributed by atoms with Crippen LogP contribution in [-0.2, 0) is 11.3 Å². The summed E-state index contributed by atoms with van der Waals surface area (Å²) >= 11 is 0. The van der Waals surface area contributed by atoms with E-state index in [9.17, 15) is 9.59 Å². The van der Waals surface area contributed by atoms with E-state index in [4.69, 9.17) is 5.11 Å². The summed E-state index contributed by atoms with van der Waals surface area (Å²) in [4.78, 5) is 22.8. The summed E-state index contributed by atoms with van der Waals surface area (Å²) in [6, 6.07) is 5.93. The number of carbonyl (C=O) groups is 2. The average molecular weight is 279 g/mol. The molecule has 20 heavy (non-hydrogen) atoms. The number of hydrogen-bond acceptors (Lipinski definition) is 3. The molecule has 6 nitrogen and oxygen atoms in total. The Hall–Kier alpha value is -2.08. The van der Waals surface area contributed by atoms with E-state index in [1.807, 2.05) is 25.2 Å². The quantitative estimate of drug-likeness (QED) is 0.637. The number of anilines is 1. The number of amides is 2. The predicted octanol–water partition coefficient (Wildman–Crippen LogP) is 1.64. The van der Waals surface area contributed by atoms with Crippen molar-refractivity contribution in [3.05, 3.63) is 29.8 Å². The average Bonchev–Trinajstić information content (AvgIpc) is 2.36. The van der Waals surface area contributed by atoms with Crippen LogP contribution in [0, 0.1) is 5.92 Å². The molecule has 2 amide bonds. The molecule has 110 valence electrons. The first-order valence-electron chi connectivity index (χ1n) is 6.48. The highest BCUT2D eigenvalue weighted by Gasteiger charge is 2.23. The maximum atomic E-state index is 11.8. The molecule has 0 unspecified atom stereocenters. The monoisotopic (exact) mass is 279 g/mol. The van der Waals surface area contributed by atoms with Crippen molar-refractivity contribution < 1.29 is 14.7 Å². The van der Waals surface area contributed by atoms with E-state index in [0.717, 1.165) is 5.56 Å². The topological polar surface area (TPSA) is 90.5 Å². The van der Waals surface area contributed by atoms with Gasteiger partial charge in [-0.3, -0.25) is 0 Å². The molecule has 0 fully saturated rings. The Bertz CT molecular complexity index is 474. The number of carbonyl (C=O) groups excluding carboxylic acids is 1. The van der Waals surface area contributed by atoms with E-state index in [1.165, 1.54) is 0 Å². The number of carboxylic acid groups (broad SMARTS) is 1. The van der Waals surface area contributed by atoms with Crippen LogP contribution < -0.4 is 16.0 Å². The Morgan fingerprint density at radius 1 is 1.30 bits per heavy atom. The van der Waals surface area contributed by atoms with E-state index < -0.39 is 18.0 Å². The molecule has 4 N–H and O–H groups in total. The normalized spacial score (nSPS) is 12.0. The minimum atomic E-state index is -1.04. The maximum absolute atomic E-state index is 11.8. The lowest BCUT2D eigenvalue weighted by Crippen LogP contribution is -2.46. The fraction of sp³-hybridized carbons (Fsp3) is 0.429. The molecule has 0 spiro atoms. The lowest BCUT2D eigenvalue weighted by atomic mass is 10.1. The van der Waals surface area contributed by atoms with Crippen LogP contribution in [0.25, 0.3) is 0 Å². The Morgan fingerprint density at radius 3 is 2.55 bits per heavy atom. The van der Waals surface area contributed by atoms with Crippen LogP contribution in [0.1, 0.15) is 19.4 Å². The number of urea groups is 1. The molecule has 1 aromatic carbocycles. The molecule has 1 aromatic rings. The summed E-state index contributed by atoms with van der Waals surface area (Å²) in [6.07, 6.45) is 0. The zero-order chi connectivity index (χ0) is 15.1. The number of nitrogens with one attached hydrogen (secondary N) is 3. The minimum Gasteiger partial charge on any atom is -0.480 e. The molecule has 0 bridgehead atoms. The summed E-state index contributed by atoms with van der Waals surface area (Å²) in [6.45, 7) is 4.18. The van der Waals surface area contributed by atoms with Gasteiger partial charge in [0.05, 0.1) is 0 Å². The molecule has 0 heterocycles. The summed E-state index contributed by atoms with van der Waals surface area (Å²) in [7, 11) is 1.84. The Balaban J connectivity index is 2.66. The lowest BCUT2D eigenvalue weighted by Gasteiger charge is -2.18. The third-order valence-corrected chi connectivity index (χ3v) is 2.79. The molecule has 0 saturated carbocycles. The second-order valence-corrected chi connectivity index (χ2v) is 4.89. The van der Waals surface area contributed by atoms with Crippen LogP contribution >= 0.6 is 0 Å². The lowest BCUT2D eigenvalue weighted by molar-refractivity contribution is -0.140. The van der Waals surface area contributed by atoms with Gasteiger partial charge in [0.1, 0.15) is 6.04 Å². The Kier molecular flexibility index (Phi) is 5.99.